The number of hydrogen-bond acceptors (Lipinski definition) is 4. The fourth-order valence-corrected chi connectivity index (χ4v) is 2.33. The molecule has 1 amide bonds. The van der Waals surface area contributed by atoms with Crippen LogP contribution in [0.2, 0.25) is 0 Å². The summed E-state index contributed by atoms with van der Waals surface area (Å²) in [6, 6.07) is 12.2. The van der Waals surface area contributed by atoms with Crippen molar-refractivity contribution in [1.29, 1.82) is 0 Å². The van der Waals surface area contributed by atoms with Crippen LogP contribution in [0, 0.1) is 0 Å². The van der Waals surface area contributed by atoms with Gasteiger partial charge in [-0.3, -0.25) is 14.8 Å². The van der Waals surface area contributed by atoms with E-state index < -0.39 is 18.0 Å². The van der Waals surface area contributed by atoms with Gasteiger partial charge in [0.15, 0.2) is 0 Å². The quantitative estimate of drug-likeness (QED) is 0.735. The van der Waals surface area contributed by atoms with Crippen LogP contribution >= 0.6 is 0 Å². The van der Waals surface area contributed by atoms with Gasteiger partial charge in [0.05, 0.1) is 5.69 Å². The van der Waals surface area contributed by atoms with Gasteiger partial charge in [-0.05, 0) is 42.0 Å². The third-order valence-electron chi connectivity index (χ3n) is 3.56. The number of rotatable bonds is 5. The zero-order chi connectivity index (χ0) is 19.3. The van der Waals surface area contributed by atoms with Crippen molar-refractivity contribution in [3.8, 4) is 17.0 Å². The number of carbonyl (C=O) groups is 1. The molecule has 0 saturated heterocycles. The van der Waals surface area contributed by atoms with E-state index in [0.717, 1.165) is 29.0 Å². The molecule has 0 aliphatic heterocycles. The van der Waals surface area contributed by atoms with Crippen LogP contribution in [-0.2, 0) is 6.54 Å². The molecule has 3 aromatic rings. The van der Waals surface area contributed by atoms with E-state index in [2.05, 4.69) is 20.0 Å². The number of halogens is 3. The highest BCUT2D eigenvalue weighted by Gasteiger charge is 2.31. The summed E-state index contributed by atoms with van der Waals surface area (Å²) in [4.78, 5) is 20.5. The molecule has 8 heteroatoms. The SMILES string of the molecule is O=C(NCc1ccc(-c2cccnc2)nc1)c1cccc(OC(F)(F)F)c1. The van der Waals surface area contributed by atoms with E-state index in [0.29, 0.717) is 0 Å². The molecular formula is C19H14F3N3O2. The maximum Gasteiger partial charge on any atom is 0.573 e. The third kappa shape index (κ3) is 5.27. The number of pyridine rings is 2. The second kappa shape index (κ2) is 7.86. The smallest absolute Gasteiger partial charge is 0.406 e. The lowest BCUT2D eigenvalue weighted by molar-refractivity contribution is -0.274. The number of carbonyl (C=O) groups excluding carboxylic acids is 1. The van der Waals surface area contributed by atoms with Gasteiger partial charge in [0.1, 0.15) is 5.75 Å². The molecule has 1 aromatic carbocycles. The molecule has 0 aliphatic carbocycles. The minimum Gasteiger partial charge on any atom is -0.406 e. The van der Waals surface area contributed by atoms with Crippen LogP contribution in [0.3, 0.4) is 0 Å². The Labute approximate surface area is 152 Å². The average Bonchev–Trinajstić information content (AvgIpc) is 2.66. The first-order valence-corrected chi connectivity index (χ1v) is 7.90. The van der Waals surface area contributed by atoms with Gasteiger partial charge in [-0.2, -0.15) is 0 Å². The molecule has 2 heterocycles. The van der Waals surface area contributed by atoms with E-state index in [1.165, 1.54) is 12.1 Å². The van der Waals surface area contributed by atoms with Crippen LogP contribution in [0.1, 0.15) is 15.9 Å². The Morgan fingerprint density at radius 1 is 1.07 bits per heavy atom. The molecule has 0 saturated carbocycles. The Balaban J connectivity index is 1.61. The maximum atomic E-state index is 12.3. The summed E-state index contributed by atoms with van der Waals surface area (Å²) in [5.74, 6) is -0.961. The molecule has 0 atom stereocenters. The molecule has 0 aliphatic rings. The molecule has 0 radical (unpaired) electrons. The fraction of sp³-hybridized carbons (Fsp3) is 0.105. The number of hydrogen-bond donors (Lipinski definition) is 1. The van der Waals surface area contributed by atoms with Crippen LogP contribution in [0.15, 0.2) is 67.1 Å². The minimum atomic E-state index is -4.81. The van der Waals surface area contributed by atoms with E-state index in [1.807, 2.05) is 12.1 Å². The summed E-state index contributed by atoms with van der Waals surface area (Å²) in [6.07, 6.45) is 0.171. The van der Waals surface area contributed by atoms with Crippen molar-refractivity contribution in [2.45, 2.75) is 12.9 Å². The highest BCUT2D eigenvalue weighted by molar-refractivity contribution is 5.94. The van der Waals surface area contributed by atoms with Crippen LogP contribution < -0.4 is 10.1 Å². The van der Waals surface area contributed by atoms with Gasteiger partial charge in [-0.15, -0.1) is 13.2 Å². The molecule has 138 valence electrons. The molecule has 0 unspecified atom stereocenters. The van der Waals surface area contributed by atoms with E-state index in [1.54, 1.807) is 30.7 Å². The van der Waals surface area contributed by atoms with Crippen molar-refractivity contribution in [2.24, 2.45) is 0 Å². The predicted molar refractivity (Wildman–Crippen MR) is 91.8 cm³/mol. The molecule has 0 spiro atoms. The van der Waals surface area contributed by atoms with E-state index in [4.69, 9.17) is 0 Å². The Hall–Kier alpha value is -3.42. The van der Waals surface area contributed by atoms with Gasteiger partial charge in [0.25, 0.3) is 5.91 Å². The van der Waals surface area contributed by atoms with Crippen LogP contribution in [0.5, 0.6) is 5.75 Å². The van der Waals surface area contributed by atoms with Gasteiger partial charge in [0.2, 0.25) is 0 Å². The molecular weight excluding hydrogens is 359 g/mol. The molecule has 0 fully saturated rings. The summed E-state index contributed by atoms with van der Waals surface area (Å²) in [7, 11) is 0. The first-order chi connectivity index (χ1) is 12.9. The lowest BCUT2D eigenvalue weighted by atomic mass is 10.1. The number of alkyl halides is 3. The van der Waals surface area contributed by atoms with Gasteiger partial charge in [0, 0.05) is 36.3 Å². The molecule has 2 aromatic heterocycles. The molecule has 5 nitrogen and oxygen atoms in total. The molecule has 27 heavy (non-hydrogen) atoms. The lowest BCUT2D eigenvalue weighted by Gasteiger charge is -2.10. The number of nitrogens with zero attached hydrogens (tertiary/aromatic N) is 2. The first kappa shape index (κ1) is 18.4. The third-order valence-corrected chi connectivity index (χ3v) is 3.56. The molecule has 3 rings (SSSR count). The Kier molecular flexibility index (Phi) is 5.35. The summed E-state index contributed by atoms with van der Waals surface area (Å²) in [6.45, 7) is 0.184. The van der Waals surface area contributed by atoms with Crippen molar-refractivity contribution in [1.82, 2.24) is 15.3 Å². The van der Waals surface area contributed by atoms with Crippen molar-refractivity contribution < 1.29 is 22.7 Å². The first-order valence-electron chi connectivity index (χ1n) is 7.90. The van der Waals surface area contributed by atoms with E-state index in [-0.39, 0.29) is 12.1 Å². The zero-order valence-electron chi connectivity index (χ0n) is 13.9. The van der Waals surface area contributed by atoms with Gasteiger partial charge >= 0.3 is 6.36 Å². The monoisotopic (exact) mass is 373 g/mol. The lowest BCUT2D eigenvalue weighted by Crippen LogP contribution is -2.23. The number of ether oxygens (including phenoxy) is 1. The Bertz CT molecular complexity index is 913. The fourth-order valence-electron chi connectivity index (χ4n) is 2.33. The molecule has 1 N–H and O–H groups in total. The predicted octanol–water partition coefficient (Wildman–Crippen LogP) is 3.97. The van der Waals surface area contributed by atoms with Crippen LogP contribution in [0.4, 0.5) is 13.2 Å². The molecule has 0 bridgehead atoms. The van der Waals surface area contributed by atoms with E-state index >= 15 is 0 Å². The van der Waals surface area contributed by atoms with Crippen molar-refractivity contribution in [2.75, 3.05) is 0 Å². The largest absolute Gasteiger partial charge is 0.573 e. The van der Waals surface area contributed by atoms with Crippen LogP contribution in [0.25, 0.3) is 11.3 Å². The number of aromatic nitrogens is 2. The maximum absolute atomic E-state index is 12.3. The minimum absolute atomic E-state index is 0.0664. The summed E-state index contributed by atoms with van der Waals surface area (Å²) < 4.78 is 40.6. The van der Waals surface area contributed by atoms with Gasteiger partial charge < -0.3 is 10.1 Å². The topological polar surface area (TPSA) is 64.1 Å². The number of amides is 1. The summed E-state index contributed by atoms with van der Waals surface area (Å²) in [5.41, 5.74) is 2.43. The second-order valence-electron chi connectivity index (χ2n) is 5.55. The van der Waals surface area contributed by atoms with Crippen molar-refractivity contribution >= 4 is 5.91 Å². The normalized spacial score (nSPS) is 11.1. The Morgan fingerprint density at radius 3 is 2.59 bits per heavy atom. The summed E-state index contributed by atoms with van der Waals surface area (Å²) in [5, 5.41) is 2.64. The Morgan fingerprint density at radius 2 is 1.93 bits per heavy atom. The van der Waals surface area contributed by atoms with Crippen molar-refractivity contribution in [3.05, 3.63) is 78.2 Å². The van der Waals surface area contributed by atoms with Gasteiger partial charge in [-0.1, -0.05) is 12.1 Å². The second-order valence-corrected chi connectivity index (χ2v) is 5.55. The number of nitrogens with one attached hydrogen (secondary N) is 1. The highest BCUT2D eigenvalue weighted by Crippen LogP contribution is 2.23. The highest BCUT2D eigenvalue weighted by atomic mass is 19.4. The van der Waals surface area contributed by atoms with E-state index in [9.17, 15) is 18.0 Å². The standard InChI is InChI=1S/C19H14F3N3O2/c20-19(21,22)27-16-5-1-3-14(9-16)18(26)25-11-13-6-7-17(24-10-13)15-4-2-8-23-12-15/h1-10,12H,11H2,(H,25,26). The average molecular weight is 373 g/mol. The summed E-state index contributed by atoms with van der Waals surface area (Å²) >= 11 is 0. The van der Waals surface area contributed by atoms with Crippen molar-refractivity contribution in [3.63, 3.8) is 0 Å². The zero-order valence-corrected chi connectivity index (χ0v) is 13.9. The van der Waals surface area contributed by atoms with Gasteiger partial charge in [-0.25, -0.2) is 0 Å². The van der Waals surface area contributed by atoms with Crippen LogP contribution in [-0.4, -0.2) is 22.2 Å². The number of benzene rings is 1.